The van der Waals surface area contributed by atoms with Crippen molar-refractivity contribution in [2.45, 2.75) is 39.2 Å². The van der Waals surface area contributed by atoms with Crippen molar-refractivity contribution in [1.29, 1.82) is 0 Å². The summed E-state index contributed by atoms with van der Waals surface area (Å²) in [6.45, 7) is 7.50. The molecule has 0 bridgehead atoms. The number of carbonyl (C=O) groups is 1. The summed E-state index contributed by atoms with van der Waals surface area (Å²) in [5.74, 6) is -0.376. The third kappa shape index (κ3) is 3.74. The summed E-state index contributed by atoms with van der Waals surface area (Å²) in [4.78, 5) is 11.7. The van der Waals surface area contributed by atoms with E-state index in [0.717, 1.165) is 5.56 Å². The molecule has 2 heteroatoms. The van der Waals surface area contributed by atoms with Gasteiger partial charge in [-0.3, -0.25) is 4.79 Å². The molecule has 0 spiro atoms. The highest BCUT2D eigenvalue weighted by Crippen LogP contribution is 2.19. The molecule has 0 saturated carbocycles. The van der Waals surface area contributed by atoms with Crippen molar-refractivity contribution >= 4 is 5.97 Å². The Balaban J connectivity index is 2.70. The summed E-state index contributed by atoms with van der Waals surface area (Å²) in [7, 11) is 0. The van der Waals surface area contributed by atoms with Crippen LogP contribution in [0, 0.1) is 0 Å². The Morgan fingerprint density at radius 1 is 1.20 bits per heavy atom. The van der Waals surface area contributed by atoms with Crippen LogP contribution in [0.4, 0.5) is 0 Å². The summed E-state index contributed by atoms with van der Waals surface area (Å²) in [6.07, 6.45) is 0. The molecule has 1 atom stereocenters. The molecule has 0 heterocycles. The first-order chi connectivity index (χ1) is 6.90. The van der Waals surface area contributed by atoms with Gasteiger partial charge in [0.25, 0.3) is 0 Å². The van der Waals surface area contributed by atoms with Crippen LogP contribution in [0.2, 0.25) is 0 Å². The van der Waals surface area contributed by atoms with Crippen molar-refractivity contribution in [1.82, 2.24) is 0 Å². The normalized spacial score (nSPS) is 13.3. The van der Waals surface area contributed by atoms with Crippen LogP contribution in [0.5, 0.6) is 0 Å². The van der Waals surface area contributed by atoms with E-state index in [4.69, 9.17) is 4.74 Å². The van der Waals surface area contributed by atoms with Gasteiger partial charge in [0.1, 0.15) is 5.60 Å². The fourth-order valence-electron chi connectivity index (χ4n) is 1.27. The van der Waals surface area contributed by atoms with Crippen molar-refractivity contribution in [3.8, 4) is 0 Å². The Hall–Kier alpha value is -1.31. The van der Waals surface area contributed by atoms with Gasteiger partial charge in [-0.25, -0.2) is 0 Å². The van der Waals surface area contributed by atoms with Gasteiger partial charge >= 0.3 is 5.97 Å². The Kier molecular flexibility index (Phi) is 3.51. The number of esters is 1. The molecule has 0 unspecified atom stereocenters. The summed E-state index contributed by atoms with van der Waals surface area (Å²) in [5, 5.41) is 0. The second kappa shape index (κ2) is 4.47. The zero-order valence-corrected chi connectivity index (χ0v) is 9.78. The number of ether oxygens (including phenoxy) is 1. The van der Waals surface area contributed by atoms with E-state index >= 15 is 0 Å². The summed E-state index contributed by atoms with van der Waals surface area (Å²) >= 11 is 0. The molecule has 0 saturated heterocycles. The zero-order valence-electron chi connectivity index (χ0n) is 9.78. The predicted octanol–water partition coefficient (Wildman–Crippen LogP) is 3.13. The van der Waals surface area contributed by atoms with Gasteiger partial charge in [-0.1, -0.05) is 30.3 Å². The second-order valence-corrected chi connectivity index (χ2v) is 4.67. The molecule has 0 aromatic heterocycles. The van der Waals surface area contributed by atoms with Crippen LogP contribution in [0.15, 0.2) is 30.3 Å². The molecule has 2 nitrogen and oxygen atoms in total. The highest BCUT2D eigenvalue weighted by molar-refractivity contribution is 5.78. The second-order valence-electron chi connectivity index (χ2n) is 4.67. The average Bonchev–Trinajstić information content (AvgIpc) is 2.15. The minimum Gasteiger partial charge on any atom is -0.460 e. The third-order valence-electron chi connectivity index (χ3n) is 2.06. The van der Waals surface area contributed by atoms with E-state index in [0.29, 0.717) is 0 Å². The van der Waals surface area contributed by atoms with Crippen molar-refractivity contribution in [2.24, 2.45) is 0 Å². The lowest BCUT2D eigenvalue weighted by atomic mass is 10.0. The minimum absolute atomic E-state index is 0.172. The largest absolute Gasteiger partial charge is 0.460 e. The van der Waals surface area contributed by atoms with Crippen molar-refractivity contribution in [3.05, 3.63) is 35.9 Å². The van der Waals surface area contributed by atoms with Crippen molar-refractivity contribution < 1.29 is 9.53 Å². The van der Waals surface area contributed by atoms with E-state index in [9.17, 15) is 4.79 Å². The molecule has 1 aromatic rings. The Labute approximate surface area is 91.3 Å². The van der Waals surface area contributed by atoms with Gasteiger partial charge in [0.05, 0.1) is 5.92 Å². The predicted molar refractivity (Wildman–Crippen MR) is 60.7 cm³/mol. The summed E-state index contributed by atoms with van der Waals surface area (Å²) in [5.41, 5.74) is 0.576. The number of rotatable bonds is 2. The molecule has 82 valence electrons. The first-order valence-electron chi connectivity index (χ1n) is 5.18. The number of benzene rings is 1. The Morgan fingerprint density at radius 2 is 1.73 bits per heavy atom. The van der Waals surface area contributed by atoms with Gasteiger partial charge < -0.3 is 4.74 Å². The van der Waals surface area contributed by atoms with Gasteiger partial charge in [0.15, 0.2) is 0 Å². The molecule has 0 radical (unpaired) electrons. The molecule has 0 aliphatic heterocycles. The molecule has 1 aromatic carbocycles. The maximum atomic E-state index is 11.7. The summed E-state index contributed by atoms with van der Waals surface area (Å²) in [6, 6.07) is 9.67. The summed E-state index contributed by atoms with van der Waals surface area (Å²) < 4.78 is 5.31. The highest BCUT2D eigenvalue weighted by atomic mass is 16.6. The Morgan fingerprint density at radius 3 is 2.20 bits per heavy atom. The number of hydrogen-bond acceptors (Lipinski definition) is 2. The van der Waals surface area contributed by atoms with Crippen molar-refractivity contribution in [3.63, 3.8) is 0 Å². The van der Waals surface area contributed by atoms with E-state index in [1.165, 1.54) is 0 Å². The third-order valence-corrected chi connectivity index (χ3v) is 2.06. The van der Waals surface area contributed by atoms with E-state index in [2.05, 4.69) is 0 Å². The topological polar surface area (TPSA) is 26.3 Å². The minimum atomic E-state index is -0.417. The van der Waals surface area contributed by atoms with E-state index in [1.807, 2.05) is 58.0 Å². The lowest BCUT2D eigenvalue weighted by Gasteiger charge is -2.22. The van der Waals surface area contributed by atoms with Crippen LogP contribution in [0.1, 0.15) is 39.2 Å². The van der Waals surface area contributed by atoms with Gasteiger partial charge in [0, 0.05) is 0 Å². The smallest absolute Gasteiger partial charge is 0.313 e. The lowest BCUT2D eigenvalue weighted by molar-refractivity contribution is -0.156. The van der Waals surface area contributed by atoms with Crippen LogP contribution < -0.4 is 0 Å². The maximum absolute atomic E-state index is 11.7. The van der Waals surface area contributed by atoms with Gasteiger partial charge in [-0.05, 0) is 33.3 Å². The van der Waals surface area contributed by atoms with Crippen LogP contribution >= 0.6 is 0 Å². The van der Waals surface area contributed by atoms with Gasteiger partial charge in [-0.15, -0.1) is 0 Å². The van der Waals surface area contributed by atoms with E-state index in [1.54, 1.807) is 0 Å². The molecule has 0 fully saturated rings. The molecule has 1 rings (SSSR count). The van der Waals surface area contributed by atoms with Crippen LogP contribution in [-0.2, 0) is 9.53 Å². The standard InChI is InChI=1S/C13H18O2/c1-10(11-8-6-5-7-9-11)12(14)15-13(2,3)4/h5-10H,1-4H3/t10-/m1/s1. The first kappa shape index (κ1) is 11.8. The van der Waals surface area contributed by atoms with Gasteiger partial charge in [-0.2, -0.15) is 0 Å². The molecular weight excluding hydrogens is 188 g/mol. The molecule has 15 heavy (non-hydrogen) atoms. The molecule has 0 N–H and O–H groups in total. The molecule has 0 amide bonds. The maximum Gasteiger partial charge on any atom is 0.313 e. The highest BCUT2D eigenvalue weighted by Gasteiger charge is 2.22. The zero-order chi connectivity index (χ0) is 11.5. The van der Waals surface area contributed by atoms with Crippen LogP contribution in [-0.4, -0.2) is 11.6 Å². The quantitative estimate of drug-likeness (QED) is 0.695. The fourth-order valence-corrected chi connectivity index (χ4v) is 1.27. The van der Waals surface area contributed by atoms with Crippen LogP contribution in [0.25, 0.3) is 0 Å². The molecule has 0 aliphatic rings. The van der Waals surface area contributed by atoms with E-state index < -0.39 is 5.60 Å². The average molecular weight is 206 g/mol. The number of hydrogen-bond donors (Lipinski definition) is 0. The first-order valence-corrected chi connectivity index (χ1v) is 5.18. The fraction of sp³-hybridized carbons (Fsp3) is 0.462. The number of carbonyl (C=O) groups excluding carboxylic acids is 1. The molecular formula is C13H18O2. The molecule has 0 aliphatic carbocycles. The Bertz CT molecular complexity index is 322. The van der Waals surface area contributed by atoms with Gasteiger partial charge in [0.2, 0.25) is 0 Å². The lowest BCUT2D eigenvalue weighted by Crippen LogP contribution is -2.26. The van der Waals surface area contributed by atoms with E-state index in [-0.39, 0.29) is 11.9 Å². The van der Waals surface area contributed by atoms with Crippen LogP contribution in [0.3, 0.4) is 0 Å². The monoisotopic (exact) mass is 206 g/mol. The SMILES string of the molecule is C[C@@H](C(=O)OC(C)(C)C)c1ccccc1. The van der Waals surface area contributed by atoms with Crippen molar-refractivity contribution in [2.75, 3.05) is 0 Å².